The molecule has 0 saturated heterocycles. The second-order valence-corrected chi connectivity index (χ2v) is 7.77. The number of halogens is 1. The molecule has 5 N–H and O–H groups in total. The quantitative estimate of drug-likeness (QED) is 0.176. The predicted octanol–water partition coefficient (Wildman–Crippen LogP) is 3.81. The lowest BCUT2D eigenvalue weighted by atomic mass is 10.1. The van der Waals surface area contributed by atoms with E-state index in [4.69, 9.17) is 11.5 Å². The van der Waals surface area contributed by atoms with Crippen LogP contribution in [-0.2, 0) is 6.42 Å². The summed E-state index contributed by atoms with van der Waals surface area (Å²) >= 11 is 0. The van der Waals surface area contributed by atoms with Crippen LogP contribution in [0.25, 0.3) is 5.69 Å². The molecule has 1 aliphatic rings. The van der Waals surface area contributed by atoms with Crippen molar-refractivity contribution < 1.29 is 0 Å². The second kappa shape index (κ2) is 11.8. The number of rotatable bonds is 6. The van der Waals surface area contributed by atoms with Crippen LogP contribution in [0.1, 0.15) is 61.8 Å². The molecule has 1 fully saturated rings. The molecule has 0 atom stereocenters. The molecule has 1 saturated carbocycles. The van der Waals surface area contributed by atoms with Crippen molar-refractivity contribution in [1.82, 2.24) is 15.1 Å². The molecule has 7 nitrogen and oxygen atoms in total. The summed E-state index contributed by atoms with van der Waals surface area (Å²) in [4.78, 5) is 4.45. The normalized spacial score (nSPS) is 15.1. The number of aliphatic imine (C=N–C) groups is 1. The van der Waals surface area contributed by atoms with Crippen molar-refractivity contribution in [3.8, 4) is 11.8 Å². The average molecular weight is 521 g/mol. The number of anilines is 1. The van der Waals surface area contributed by atoms with Crippen molar-refractivity contribution in [2.45, 2.75) is 64.3 Å². The number of benzene rings is 1. The van der Waals surface area contributed by atoms with Crippen molar-refractivity contribution in [3.63, 3.8) is 0 Å². The molecule has 1 aromatic heterocycles. The smallest absolute Gasteiger partial charge is 0.188 e. The highest BCUT2D eigenvalue weighted by Gasteiger charge is 2.16. The van der Waals surface area contributed by atoms with E-state index >= 15 is 0 Å². The van der Waals surface area contributed by atoms with E-state index < -0.39 is 0 Å². The first-order valence-corrected chi connectivity index (χ1v) is 10.5. The van der Waals surface area contributed by atoms with Gasteiger partial charge in [0.05, 0.1) is 11.4 Å². The number of aryl methyl sites for hydroxylation is 2. The first-order chi connectivity index (χ1) is 14.1. The summed E-state index contributed by atoms with van der Waals surface area (Å²) in [6.45, 7) is 2.62. The highest BCUT2D eigenvalue weighted by atomic mass is 127. The Labute approximate surface area is 195 Å². The summed E-state index contributed by atoms with van der Waals surface area (Å²) in [5.74, 6) is 0.895. The molecular weight excluding hydrogens is 489 g/mol. The molecule has 0 aliphatic heterocycles. The summed E-state index contributed by atoms with van der Waals surface area (Å²) in [6.07, 6.45) is 8.86. The molecule has 162 valence electrons. The molecule has 0 radical (unpaired) electrons. The SMILES string of the molecule is Cc1ccc(-n2nc(CCCN=C(N)NC3CCCCCC3)c(C#N)c2N)cc1.I. The van der Waals surface area contributed by atoms with Crippen LogP contribution in [-0.4, -0.2) is 28.3 Å². The highest BCUT2D eigenvalue weighted by molar-refractivity contribution is 14.0. The lowest BCUT2D eigenvalue weighted by Crippen LogP contribution is -2.39. The van der Waals surface area contributed by atoms with Crippen LogP contribution in [0.15, 0.2) is 29.3 Å². The standard InChI is InChI=1S/C22H31N7.HI/c1-16-10-12-18(13-11-16)29-21(24)19(15-23)20(28-29)9-6-14-26-22(25)27-17-7-4-2-3-5-8-17;/h10-13,17H,2-9,14,24H2,1H3,(H3,25,26,27);1H. The zero-order chi connectivity index (χ0) is 20.6. The third-order valence-electron chi connectivity index (χ3n) is 5.44. The Balaban J connectivity index is 0.00000320. The molecule has 3 rings (SSSR count). The minimum atomic E-state index is 0. The number of nitrogens with one attached hydrogen (secondary N) is 1. The van der Waals surface area contributed by atoms with E-state index in [2.05, 4.69) is 21.5 Å². The van der Waals surface area contributed by atoms with Crippen molar-refractivity contribution in [3.05, 3.63) is 41.1 Å². The van der Waals surface area contributed by atoms with E-state index in [-0.39, 0.29) is 24.0 Å². The fraction of sp³-hybridized carbons (Fsp3) is 0.500. The molecule has 2 aromatic rings. The Morgan fingerprint density at radius 3 is 2.53 bits per heavy atom. The van der Waals surface area contributed by atoms with E-state index in [0.717, 1.165) is 30.5 Å². The van der Waals surface area contributed by atoms with E-state index in [0.29, 0.717) is 42.0 Å². The Morgan fingerprint density at radius 1 is 1.23 bits per heavy atom. The first-order valence-electron chi connectivity index (χ1n) is 10.5. The lowest BCUT2D eigenvalue weighted by Gasteiger charge is -2.16. The van der Waals surface area contributed by atoms with Crippen molar-refractivity contribution in [1.29, 1.82) is 5.26 Å². The summed E-state index contributed by atoms with van der Waals surface area (Å²) in [7, 11) is 0. The van der Waals surface area contributed by atoms with Gasteiger partial charge in [0.2, 0.25) is 0 Å². The highest BCUT2D eigenvalue weighted by Crippen LogP contribution is 2.22. The summed E-state index contributed by atoms with van der Waals surface area (Å²) in [6, 6.07) is 10.5. The van der Waals surface area contributed by atoms with Crippen molar-refractivity contribution in [2.75, 3.05) is 12.3 Å². The predicted molar refractivity (Wildman–Crippen MR) is 132 cm³/mol. The van der Waals surface area contributed by atoms with Gasteiger partial charge in [0.15, 0.2) is 5.96 Å². The Hall–Kier alpha value is -2.28. The topological polar surface area (TPSA) is 118 Å². The van der Waals surface area contributed by atoms with Gasteiger partial charge < -0.3 is 16.8 Å². The molecule has 0 bridgehead atoms. The second-order valence-electron chi connectivity index (χ2n) is 7.77. The van der Waals surface area contributed by atoms with Gasteiger partial charge in [-0.3, -0.25) is 4.99 Å². The monoisotopic (exact) mass is 521 g/mol. The summed E-state index contributed by atoms with van der Waals surface area (Å²) in [5, 5.41) is 17.4. The number of nitrogen functional groups attached to an aromatic ring is 1. The zero-order valence-corrected chi connectivity index (χ0v) is 19.9. The van der Waals surface area contributed by atoms with Gasteiger partial charge in [-0.05, 0) is 44.7 Å². The van der Waals surface area contributed by atoms with Crippen LogP contribution in [0, 0.1) is 18.3 Å². The third kappa shape index (κ3) is 6.36. The van der Waals surface area contributed by atoms with Gasteiger partial charge >= 0.3 is 0 Å². The summed E-state index contributed by atoms with van der Waals surface area (Å²) < 4.78 is 1.64. The maximum atomic E-state index is 9.51. The summed E-state index contributed by atoms with van der Waals surface area (Å²) in [5.41, 5.74) is 15.4. The number of aromatic nitrogens is 2. The molecule has 1 aliphatic carbocycles. The maximum Gasteiger partial charge on any atom is 0.188 e. The fourth-order valence-electron chi connectivity index (χ4n) is 3.78. The Morgan fingerprint density at radius 2 is 1.90 bits per heavy atom. The van der Waals surface area contributed by atoms with Crippen LogP contribution >= 0.6 is 24.0 Å². The van der Waals surface area contributed by atoms with Gasteiger partial charge in [-0.25, -0.2) is 4.68 Å². The lowest BCUT2D eigenvalue weighted by molar-refractivity contribution is 0.530. The van der Waals surface area contributed by atoms with Crippen molar-refractivity contribution in [2.24, 2.45) is 10.7 Å². The third-order valence-corrected chi connectivity index (χ3v) is 5.44. The maximum absolute atomic E-state index is 9.51. The van der Waals surface area contributed by atoms with Gasteiger partial charge in [-0.1, -0.05) is 43.4 Å². The average Bonchev–Trinajstić information content (AvgIpc) is 2.86. The number of guanidine groups is 1. The van der Waals surface area contributed by atoms with Gasteiger partial charge in [0.25, 0.3) is 0 Å². The van der Waals surface area contributed by atoms with E-state index in [1.165, 1.54) is 25.7 Å². The molecule has 1 heterocycles. The fourth-order valence-corrected chi connectivity index (χ4v) is 3.78. The molecule has 8 heteroatoms. The molecule has 30 heavy (non-hydrogen) atoms. The van der Waals surface area contributed by atoms with Crippen LogP contribution in [0.5, 0.6) is 0 Å². The van der Waals surface area contributed by atoms with E-state index in [1.54, 1.807) is 4.68 Å². The van der Waals surface area contributed by atoms with Crippen LogP contribution < -0.4 is 16.8 Å². The molecular formula is C22H32IN7. The van der Waals surface area contributed by atoms with Gasteiger partial charge in [0.1, 0.15) is 17.5 Å². The molecule has 0 spiro atoms. The van der Waals surface area contributed by atoms with Crippen LogP contribution in [0.4, 0.5) is 5.82 Å². The Bertz CT molecular complexity index is 872. The number of nitriles is 1. The largest absolute Gasteiger partial charge is 0.382 e. The van der Waals surface area contributed by atoms with Crippen LogP contribution in [0.3, 0.4) is 0 Å². The van der Waals surface area contributed by atoms with E-state index in [1.807, 2.05) is 31.2 Å². The Kier molecular flexibility index (Phi) is 9.43. The molecule has 1 aromatic carbocycles. The van der Waals surface area contributed by atoms with Gasteiger partial charge in [0, 0.05) is 12.6 Å². The number of hydrogen-bond donors (Lipinski definition) is 3. The zero-order valence-electron chi connectivity index (χ0n) is 17.6. The van der Waals surface area contributed by atoms with Crippen molar-refractivity contribution >= 4 is 35.8 Å². The number of hydrogen-bond acceptors (Lipinski definition) is 4. The van der Waals surface area contributed by atoms with Crippen LogP contribution in [0.2, 0.25) is 0 Å². The van der Waals surface area contributed by atoms with E-state index in [9.17, 15) is 5.26 Å². The first kappa shape index (κ1) is 24.0. The minimum absolute atomic E-state index is 0. The number of nitrogens with two attached hydrogens (primary N) is 2. The van der Waals surface area contributed by atoms with Gasteiger partial charge in [-0.2, -0.15) is 10.4 Å². The molecule has 0 amide bonds. The number of nitrogens with zero attached hydrogens (tertiary/aromatic N) is 4. The van der Waals surface area contributed by atoms with Gasteiger partial charge in [-0.15, -0.1) is 24.0 Å². The minimum Gasteiger partial charge on any atom is -0.382 e. The molecule has 0 unspecified atom stereocenters.